The number of thioether (sulfide) groups is 1. The Morgan fingerprint density at radius 3 is 2.44 bits per heavy atom. The second-order valence-corrected chi connectivity index (χ2v) is 6.95. The number of carbonyl (C=O) groups excluding carboxylic acids is 2. The topological polar surface area (TPSA) is 49.4 Å². The summed E-state index contributed by atoms with van der Waals surface area (Å²) in [6.45, 7) is 4.08. The van der Waals surface area contributed by atoms with Gasteiger partial charge >= 0.3 is 0 Å². The predicted molar refractivity (Wildman–Crippen MR) is 104 cm³/mol. The minimum absolute atomic E-state index is 0.0186. The summed E-state index contributed by atoms with van der Waals surface area (Å²) in [4.78, 5) is 27.2. The van der Waals surface area contributed by atoms with Crippen LogP contribution in [0.5, 0.6) is 0 Å². The Bertz CT molecular complexity index is 744. The highest BCUT2D eigenvalue weighted by Crippen LogP contribution is 2.17. The van der Waals surface area contributed by atoms with Crippen molar-refractivity contribution in [3.8, 4) is 0 Å². The third-order valence-electron chi connectivity index (χ3n) is 4.17. The minimum atomic E-state index is -0.291. The monoisotopic (exact) mass is 356 g/mol. The molecule has 25 heavy (non-hydrogen) atoms. The predicted octanol–water partition coefficient (Wildman–Crippen LogP) is 4.07. The number of amides is 1. The van der Waals surface area contributed by atoms with Gasteiger partial charge in [-0.25, -0.2) is 0 Å². The molecule has 0 radical (unpaired) electrons. The summed E-state index contributed by atoms with van der Waals surface area (Å²) in [5.41, 5.74) is 2.40. The van der Waals surface area contributed by atoms with E-state index in [1.54, 1.807) is 36.0 Å². The highest BCUT2D eigenvalue weighted by molar-refractivity contribution is 7.98. The normalized spacial score (nSPS) is 12.0. The van der Waals surface area contributed by atoms with E-state index >= 15 is 0 Å². The molecule has 5 heteroatoms. The van der Waals surface area contributed by atoms with Crippen LogP contribution < -0.4 is 5.32 Å². The maximum absolute atomic E-state index is 12.5. The van der Waals surface area contributed by atoms with Crippen molar-refractivity contribution in [2.75, 3.05) is 18.6 Å². The first kappa shape index (κ1) is 19.2. The van der Waals surface area contributed by atoms with Crippen molar-refractivity contribution in [2.45, 2.75) is 31.3 Å². The number of anilines is 1. The SMILES string of the molecule is CSc1ccc(CN(C)[C@H](C)C(=O)Nc2cccc(C(C)=O)c2)cc1. The van der Waals surface area contributed by atoms with Gasteiger partial charge in [0.05, 0.1) is 6.04 Å². The molecule has 0 aliphatic heterocycles. The standard InChI is InChI=1S/C20H24N2O2S/c1-14(22(3)13-16-8-10-19(25-4)11-9-16)20(24)21-18-7-5-6-17(12-18)15(2)23/h5-12,14H,13H2,1-4H3,(H,21,24)/t14-/m1/s1. The van der Waals surface area contributed by atoms with E-state index in [0.717, 1.165) is 0 Å². The summed E-state index contributed by atoms with van der Waals surface area (Å²) < 4.78 is 0. The van der Waals surface area contributed by atoms with E-state index in [1.165, 1.54) is 17.4 Å². The molecule has 4 nitrogen and oxygen atoms in total. The molecule has 1 amide bonds. The molecule has 0 aliphatic carbocycles. The maximum atomic E-state index is 12.5. The van der Waals surface area contributed by atoms with Crippen molar-refractivity contribution in [1.29, 1.82) is 0 Å². The first-order valence-electron chi connectivity index (χ1n) is 8.15. The van der Waals surface area contributed by atoms with Crippen molar-refractivity contribution < 1.29 is 9.59 Å². The molecular weight excluding hydrogens is 332 g/mol. The lowest BCUT2D eigenvalue weighted by atomic mass is 10.1. The van der Waals surface area contributed by atoms with Gasteiger partial charge in [0.15, 0.2) is 5.78 Å². The van der Waals surface area contributed by atoms with Gasteiger partial charge in [-0.1, -0.05) is 24.3 Å². The van der Waals surface area contributed by atoms with Gasteiger partial charge in [-0.3, -0.25) is 14.5 Å². The van der Waals surface area contributed by atoms with Crippen LogP contribution in [0.3, 0.4) is 0 Å². The van der Waals surface area contributed by atoms with Gasteiger partial charge in [-0.15, -0.1) is 11.8 Å². The number of rotatable bonds is 7. The van der Waals surface area contributed by atoms with Crippen molar-refractivity contribution >= 4 is 29.1 Å². The Kier molecular flexibility index (Phi) is 6.79. The molecule has 2 aromatic carbocycles. The lowest BCUT2D eigenvalue weighted by molar-refractivity contribution is -0.120. The number of nitrogens with zero attached hydrogens (tertiary/aromatic N) is 1. The maximum Gasteiger partial charge on any atom is 0.241 e. The molecule has 2 rings (SSSR count). The molecule has 1 atom stereocenters. The number of likely N-dealkylation sites (N-methyl/N-ethyl adjacent to an activating group) is 1. The number of Topliss-reactive ketones (excluding diaryl/α,β-unsaturated/α-hetero) is 1. The Balaban J connectivity index is 1.98. The van der Waals surface area contributed by atoms with Crippen LogP contribution in [-0.2, 0) is 11.3 Å². The number of hydrogen-bond acceptors (Lipinski definition) is 4. The average Bonchev–Trinajstić information content (AvgIpc) is 2.61. The molecule has 0 saturated heterocycles. The number of carbonyl (C=O) groups is 2. The molecule has 0 saturated carbocycles. The van der Waals surface area contributed by atoms with Crippen LogP contribution in [0.1, 0.15) is 29.8 Å². The van der Waals surface area contributed by atoms with Crippen molar-refractivity contribution in [2.24, 2.45) is 0 Å². The number of benzene rings is 2. The van der Waals surface area contributed by atoms with Crippen molar-refractivity contribution in [1.82, 2.24) is 4.90 Å². The molecule has 132 valence electrons. The molecule has 0 aromatic heterocycles. The van der Waals surface area contributed by atoms with E-state index in [9.17, 15) is 9.59 Å². The van der Waals surface area contributed by atoms with E-state index in [1.807, 2.05) is 18.9 Å². The molecule has 1 N–H and O–H groups in total. The quantitative estimate of drug-likeness (QED) is 0.600. The van der Waals surface area contributed by atoms with Crippen LogP contribution in [0.25, 0.3) is 0 Å². The second kappa shape index (κ2) is 8.83. The lowest BCUT2D eigenvalue weighted by Gasteiger charge is -2.24. The molecule has 0 aliphatic rings. The van der Waals surface area contributed by atoms with Gasteiger partial charge in [0.2, 0.25) is 5.91 Å². The molecule has 0 bridgehead atoms. The van der Waals surface area contributed by atoms with E-state index in [2.05, 4.69) is 35.8 Å². The highest BCUT2D eigenvalue weighted by Gasteiger charge is 2.18. The Hall–Kier alpha value is -2.11. The van der Waals surface area contributed by atoms with Gasteiger partial charge in [0.1, 0.15) is 0 Å². The zero-order valence-corrected chi connectivity index (χ0v) is 15.9. The van der Waals surface area contributed by atoms with Crippen molar-refractivity contribution in [3.63, 3.8) is 0 Å². The zero-order valence-electron chi connectivity index (χ0n) is 15.1. The molecule has 0 unspecified atom stereocenters. The number of ketones is 1. The lowest BCUT2D eigenvalue weighted by Crippen LogP contribution is -2.39. The second-order valence-electron chi connectivity index (χ2n) is 6.07. The third kappa shape index (κ3) is 5.44. The van der Waals surface area contributed by atoms with Gasteiger partial charge in [0, 0.05) is 22.7 Å². The molecule has 0 fully saturated rings. The molecule has 2 aromatic rings. The van der Waals surface area contributed by atoms with E-state index in [0.29, 0.717) is 17.8 Å². The number of nitrogens with one attached hydrogen (secondary N) is 1. The Morgan fingerprint density at radius 2 is 1.84 bits per heavy atom. The first-order valence-corrected chi connectivity index (χ1v) is 9.38. The molecule has 0 heterocycles. The smallest absolute Gasteiger partial charge is 0.241 e. The Morgan fingerprint density at radius 1 is 1.16 bits per heavy atom. The highest BCUT2D eigenvalue weighted by atomic mass is 32.2. The van der Waals surface area contributed by atoms with Gasteiger partial charge < -0.3 is 5.32 Å². The van der Waals surface area contributed by atoms with Gasteiger partial charge in [-0.2, -0.15) is 0 Å². The molecular formula is C20H24N2O2S. The van der Waals surface area contributed by atoms with Crippen LogP contribution >= 0.6 is 11.8 Å². The van der Waals surface area contributed by atoms with E-state index < -0.39 is 0 Å². The largest absolute Gasteiger partial charge is 0.325 e. The van der Waals surface area contributed by atoms with E-state index in [4.69, 9.17) is 0 Å². The minimum Gasteiger partial charge on any atom is -0.325 e. The van der Waals surface area contributed by atoms with Gasteiger partial charge in [0.25, 0.3) is 0 Å². The fourth-order valence-corrected chi connectivity index (χ4v) is 2.83. The molecule has 0 spiro atoms. The average molecular weight is 356 g/mol. The van der Waals surface area contributed by atoms with Crippen LogP contribution in [0.4, 0.5) is 5.69 Å². The van der Waals surface area contributed by atoms with Crippen LogP contribution in [0, 0.1) is 0 Å². The summed E-state index contributed by atoms with van der Waals surface area (Å²) in [6.07, 6.45) is 2.05. The first-order chi connectivity index (χ1) is 11.9. The summed E-state index contributed by atoms with van der Waals surface area (Å²) in [6, 6.07) is 15.1. The van der Waals surface area contributed by atoms with Crippen LogP contribution in [0.15, 0.2) is 53.4 Å². The fourth-order valence-electron chi connectivity index (χ4n) is 2.42. The zero-order chi connectivity index (χ0) is 18.4. The van der Waals surface area contributed by atoms with Crippen LogP contribution in [0.2, 0.25) is 0 Å². The summed E-state index contributed by atoms with van der Waals surface area (Å²) >= 11 is 1.71. The fraction of sp³-hybridized carbons (Fsp3) is 0.300. The summed E-state index contributed by atoms with van der Waals surface area (Å²) in [5, 5.41) is 2.89. The summed E-state index contributed by atoms with van der Waals surface area (Å²) in [7, 11) is 1.93. The third-order valence-corrected chi connectivity index (χ3v) is 4.91. The van der Waals surface area contributed by atoms with Gasteiger partial charge in [-0.05, 0) is 57.0 Å². The van der Waals surface area contributed by atoms with Crippen molar-refractivity contribution in [3.05, 3.63) is 59.7 Å². The number of hydrogen-bond donors (Lipinski definition) is 1. The van der Waals surface area contributed by atoms with Crippen LogP contribution in [-0.4, -0.2) is 35.9 Å². The summed E-state index contributed by atoms with van der Waals surface area (Å²) in [5.74, 6) is -0.112. The van der Waals surface area contributed by atoms with E-state index in [-0.39, 0.29) is 17.7 Å². The Labute approximate surface area is 153 Å².